The highest BCUT2D eigenvalue weighted by atomic mass is 32.2. The van der Waals surface area contributed by atoms with Crippen LogP contribution in [-0.4, -0.2) is 79.1 Å². The predicted octanol–water partition coefficient (Wildman–Crippen LogP) is 1.66. The van der Waals surface area contributed by atoms with Crippen molar-refractivity contribution in [3.8, 4) is 11.5 Å². The Labute approximate surface area is 199 Å². The van der Waals surface area contributed by atoms with Gasteiger partial charge in [0.25, 0.3) is 5.91 Å². The van der Waals surface area contributed by atoms with E-state index in [1.807, 2.05) is 24.3 Å². The Hall–Kier alpha value is -2.18. The molecule has 1 fully saturated rings. The molecule has 1 saturated heterocycles. The molecule has 2 aromatic rings. The third-order valence-electron chi connectivity index (χ3n) is 5.36. The van der Waals surface area contributed by atoms with Crippen molar-refractivity contribution in [2.75, 3.05) is 59.9 Å². The number of morpholine rings is 1. The number of benzene rings is 1. The van der Waals surface area contributed by atoms with Crippen LogP contribution in [0.5, 0.6) is 11.5 Å². The normalized spacial score (nSPS) is 15.7. The van der Waals surface area contributed by atoms with Gasteiger partial charge < -0.3 is 19.5 Å². The molecule has 1 aliphatic heterocycles. The topological polar surface area (TPSA) is 106 Å². The largest absolute Gasteiger partial charge is 0.493 e. The van der Waals surface area contributed by atoms with Gasteiger partial charge in [-0.15, -0.1) is 11.3 Å². The maximum atomic E-state index is 12.8. The van der Waals surface area contributed by atoms with Crippen LogP contribution in [0.1, 0.15) is 26.2 Å². The van der Waals surface area contributed by atoms with E-state index in [0.29, 0.717) is 49.1 Å². The molecular weight excluding hydrogens is 466 g/mol. The summed E-state index contributed by atoms with van der Waals surface area (Å²) < 4.78 is 41.2. The number of sulfonamides is 1. The summed E-state index contributed by atoms with van der Waals surface area (Å²) in [5.41, 5.74) is 1.02. The first kappa shape index (κ1) is 25.4. The van der Waals surface area contributed by atoms with Crippen LogP contribution in [0.25, 0.3) is 0 Å². The zero-order valence-corrected chi connectivity index (χ0v) is 20.8. The third kappa shape index (κ3) is 7.41. The highest BCUT2D eigenvalue weighted by molar-refractivity contribution is 7.88. The maximum Gasteiger partial charge on any atom is 0.261 e. The molecule has 0 radical (unpaired) electrons. The van der Waals surface area contributed by atoms with Gasteiger partial charge in [-0.1, -0.05) is 6.07 Å². The summed E-state index contributed by atoms with van der Waals surface area (Å²) in [5.74, 6) is 1.15. The van der Waals surface area contributed by atoms with Gasteiger partial charge in [-0.3, -0.25) is 9.69 Å². The number of hydrogen-bond acceptors (Lipinski definition) is 8. The second-order valence-corrected chi connectivity index (χ2v) is 10.7. The molecule has 0 spiro atoms. The third-order valence-corrected chi connectivity index (χ3v) is 7.23. The highest BCUT2D eigenvalue weighted by Crippen LogP contribution is 2.32. The maximum absolute atomic E-state index is 12.8. The van der Waals surface area contributed by atoms with Crippen molar-refractivity contribution < 1.29 is 27.4 Å². The number of ether oxygens (including phenoxy) is 3. The van der Waals surface area contributed by atoms with Gasteiger partial charge in [-0.25, -0.2) is 13.1 Å². The van der Waals surface area contributed by atoms with Crippen molar-refractivity contribution in [3.05, 3.63) is 45.6 Å². The molecule has 1 aliphatic rings. The fourth-order valence-corrected chi connectivity index (χ4v) is 5.07. The van der Waals surface area contributed by atoms with Gasteiger partial charge in [0, 0.05) is 31.1 Å². The van der Waals surface area contributed by atoms with Crippen molar-refractivity contribution in [3.63, 3.8) is 0 Å². The Morgan fingerprint density at radius 2 is 1.88 bits per heavy atom. The van der Waals surface area contributed by atoms with Crippen LogP contribution < -0.4 is 19.5 Å². The van der Waals surface area contributed by atoms with Crippen LogP contribution in [-0.2, 0) is 21.2 Å². The molecule has 2 heterocycles. The first-order valence-corrected chi connectivity index (χ1v) is 13.4. The Kier molecular flexibility index (Phi) is 9.10. The molecule has 0 saturated carbocycles. The van der Waals surface area contributed by atoms with Crippen molar-refractivity contribution in [2.45, 2.75) is 12.5 Å². The van der Waals surface area contributed by atoms with E-state index >= 15 is 0 Å². The highest BCUT2D eigenvalue weighted by Gasteiger charge is 2.25. The van der Waals surface area contributed by atoms with Crippen LogP contribution in [0, 0.1) is 0 Å². The molecule has 0 bridgehead atoms. The summed E-state index contributed by atoms with van der Waals surface area (Å²) in [5, 5.41) is 3.06. The van der Waals surface area contributed by atoms with E-state index in [1.165, 1.54) is 11.3 Å². The number of nitrogens with zero attached hydrogens (tertiary/aromatic N) is 1. The van der Waals surface area contributed by atoms with E-state index in [0.717, 1.165) is 29.8 Å². The summed E-state index contributed by atoms with van der Waals surface area (Å²) in [6, 6.07) is 9.40. The van der Waals surface area contributed by atoms with Crippen LogP contribution in [0.2, 0.25) is 0 Å². The molecule has 9 nitrogen and oxygen atoms in total. The van der Waals surface area contributed by atoms with E-state index in [1.54, 1.807) is 20.3 Å². The van der Waals surface area contributed by atoms with E-state index in [4.69, 9.17) is 14.2 Å². The first-order valence-electron chi connectivity index (χ1n) is 10.7. The SMILES string of the molecule is COc1ccc([C@H](CNC(=O)c2ccc(CCNS(C)(=O)=O)s2)N2CCOCC2)cc1OC. The molecule has 3 rings (SSSR count). The van der Waals surface area contributed by atoms with Crippen molar-refractivity contribution >= 4 is 27.3 Å². The zero-order chi connectivity index (χ0) is 23.8. The minimum absolute atomic E-state index is 0.0453. The number of amides is 1. The van der Waals surface area contributed by atoms with E-state index in [9.17, 15) is 13.2 Å². The van der Waals surface area contributed by atoms with Gasteiger partial charge in [0.1, 0.15) is 0 Å². The molecule has 1 atom stereocenters. The monoisotopic (exact) mass is 497 g/mol. The lowest BCUT2D eigenvalue weighted by atomic mass is 10.0. The molecule has 33 heavy (non-hydrogen) atoms. The van der Waals surface area contributed by atoms with Gasteiger partial charge in [0.15, 0.2) is 11.5 Å². The molecule has 1 aromatic heterocycles. The lowest BCUT2D eigenvalue weighted by Gasteiger charge is -2.35. The van der Waals surface area contributed by atoms with Crippen LogP contribution >= 0.6 is 11.3 Å². The van der Waals surface area contributed by atoms with Crippen LogP contribution in [0.3, 0.4) is 0 Å². The van der Waals surface area contributed by atoms with Crippen LogP contribution in [0.4, 0.5) is 0 Å². The summed E-state index contributed by atoms with van der Waals surface area (Å²) in [6.45, 7) is 3.56. The first-order chi connectivity index (χ1) is 15.8. The van der Waals surface area contributed by atoms with Gasteiger partial charge in [0.2, 0.25) is 10.0 Å². The fraction of sp³-hybridized carbons (Fsp3) is 0.500. The van der Waals surface area contributed by atoms with Crippen LogP contribution in [0.15, 0.2) is 30.3 Å². The zero-order valence-electron chi connectivity index (χ0n) is 19.1. The lowest BCUT2D eigenvalue weighted by Crippen LogP contribution is -2.43. The van der Waals surface area contributed by atoms with Gasteiger partial charge in [-0.2, -0.15) is 0 Å². The smallest absolute Gasteiger partial charge is 0.261 e. The minimum Gasteiger partial charge on any atom is -0.493 e. The number of nitrogens with one attached hydrogen (secondary N) is 2. The molecule has 0 unspecified atom stereocenters. The summed E-state index contributed by atoms with van der Waals surface area (Å²) >= 11 is 1.37. The second kappa shape index (κ2) is 11.8. The second-order valence-electron chi connectivity index (χ2n) is 7.67. The molecule has 1 aromatic carbocycles. The summed E-state index contributed by atoms with van der Waals surface area (Å²) in [6.07, 6.45) is 1.66. The van der Waals surface area contributed by atoms with Crippen molar-refractivity contribution in [1.29, 1.82) is 0 Å². The Morgan fingerprint density at radius 3 is 2.55 bits per heavy atom. The number of carbonyl (C=O) groups excluding carboxylic acids is 1. The van der Waals surface area contributed by atoms with Gasteiger partial charge in [-0.05, 0) is 36.2 Å². The Balaban J connectivity index is 1.68. The number of carbonyl (C=O) groups is 1. The van der Waals surface area contributed by atoms with E-state index < -0.39 is 10.0 Å². The predicted molar refractivity (Wildman–Crippen MR) is 128 cm³/mol. The number of hydrogen-bond donors (Lipinski definition) is 2. The van der Waals surface area contributed by atoms with Crippen molar-refractivity contribution in [1.82, 2.24) is 14.9 Å². The van der Waals surface area contributed by atoms with Gasteiger partial charge in [0.05, 0.1) is 44.6 Å². The molecular formula is C22H31N3O6S2. The Morgan fingerprint density at radius 1 is 1.15 bits per heavy atom. The summed E-state index contributed by atoms with van der Waals surface area (Å²) in [7, 11) is -0.0186. The number of methoxy groups -OCH3 is 2. The average Bonchev–Trinajstić information content (AvgIpc) is 3.28. The standard InChI is InChI=1S/C22H31N3O6S2/c1-29-19-6-4-16(14-20(19)30-2)18(25-10-12-31-13-11-25)15-23-22(26)21-7-5-17(32-21)8-9-24-33(3,27)28/h4-7,14,18,24H,8-13,15H2,1-3H3,(H,23,26)/t18-/m0/s1. The quantitative estimate of drug-likeness (QED) is 0.486. The van der Waals surface area contributed by atoms with E-state index in [2.05, 4.69) is 14.9 Å². The Bertz CT molecular complexity index is 1030. The molecule has 1 amide bonds. The molecule has 0 aliphatic carbocycles. The molecule has 11 heteroatoms. The lowest BCUT2D eigenvalue weighted by molar-refractivity contribution is 0.0162. The minimum atomic E-state index is -3.22. The number of rotatable bonds is 11. The van der Waals surface area contributed by atoms with Crippen molar-refractivity contribution in [2.24, 2.45) is 0 Å². The van der Waals surface area contributed by atoms with Gasteiger partial charge >= 0.3 is 0 Å². The molecule has 2 N–H and O–H groups in total. The summed E-state index contributed by atoms with van der Waals surface area (Å²) in [4.78, 5) is 16.7. The molecule has 182 valence electrons. The van der Waals surface area contributed by atoms with E-state index in [-0.39, 0.29) is 11.9 Å². The average molecular weight is 498 g/mol. The fourth-order valence-electron chi connectivity index (χ4n) is 3.68. The number of thiophene rings is 1.